The van der Waals surface area contributed by atoms with Crippen LogP contribution in [0.5, 0.6) is 5.75 Å². The Balaban J connectivity index is 2.22. The molecule has 0 fully saturated rings. The van der Waals surface area contributed by atoms with Gasteiger partial charge in [-0.1, -0.05) is 64.0 Å². The van der Waals surface area contributed by atoms with Crippen LogP contribution in [-0.4, -0.2) is 19.6 Å². The van der Waals surface area contributed by atoms with Gasteiger partial charge >= 0.3 is 0 Å². The Labute approximate surface area is 128 Å². The Morgan fingerprint density at radius 2 is 1.52 bits per heavy atom. The summed E-state index contributed by atoms with van der Waals surface area (Å²) in [5.74, 6) is 0.225. The van der Waals surface area contributed by atoms with Crippen molar-refractivity contribution >= 4 is 10.1 Å². The summed E-state index contributed by atoms with van der Waals surface area (Å²) in [4.78, 5) is -0.162. The van der Waals surface area contributed by atoms with E-state index in [0.717, 1.165) is 12.8 Å². The number of rotatable bonds is 11. The lowest BCUT2D eigenvalue weighted by Crippen LogP contribution is -2.04. The monoisotopic (exact) mass is 314 g/mol. The lowest BCUT2D eigenvalue weighted by molar-refractivity contribution is 0.295. The summed E-state index contributed by atoms with van der Waals surface area (Å²) in [7, 11) is -4.22. The summed E-state index contributed by atoms with van der Waals surface area (Å²) in [6.07, 6.45) is 9.61. The van der Waals surface area contributed by atoms with Crippen LogP contribution < -0.4 is 4.74 Å². The van der Waals surface area contributed by atoms with E-state index in [1.165, 1.54) is 44.6 Å². The highest BCUT2D eigenvalue weighted by molar-refractivity contribution is 7.86. The highest BCUT2D eigenvalue weighted by Gasteiger charge is 2.15. The summed E-state index contributed by atoms with van der Waals surface area (Å²) in [6, 6.07) is 6.16. The number of unbranched alkanes of at least 4 members (excludes halogenated alkanes) is 7. The van der Waals surface area contributed by atoms with E-state index in [9.17, 15) is 8.42 Å². The van der Waals surface area contributed by atoms with Crippen molar-refractivity contribution in [2.45, 2.75) is 63.2 Å². The van der Waals surface area contributed by atoms with Gasteiger partial charge in [0.05, 0.1) is 6.61 Å². The Morgan fingerprint density at radius 1 is 0.952 bits per heavy atom. The molecule has 1 aromatic carbocycles. The Bertz CT molecular complexity index is 497. The van der Waals surface area contributed by atoms with E-state index in [1.807, 2.05) is 0 Å². The van der Waals surface area contributed by atoms with Gasteiger partial charge in [0.25, 0.3) is 10.1 Å². The van der Waals surface area contributed by atoms with Gasteiger partial charge in [-0.2, -0.15) is 8.42 Å². The van der Waals surface area contributed by atoms with E-state index in [-0.39, 0.29) is 10.6 Å². The third-order valence-electron chi connectivity index (χ3n) is 3.38. The van der Waals surface area contributed by atoms with Crippen molar-refractivity contribution in [1.82, 2.24) is 0 Å². The van der Waals surface area contributed by atoms with E-state index in [1.54, 1.807) is 18.2 Å². The van der Waals surface area contributed by atoms with Gasteiger partial charge in [-0.25, -0.2) is 0 Å². The second-order valence-corrected chi connectivity index (χ2v) is 6.64. The Morgan fingerprint density at radius 3 is 2.14 bits per heavy atom. The van der Waals surface area contributed by atoms with Crippen LogP contribution in [0.4, 0.5) is 0 Å². The normalized spacial score (nSPS) is 11.5. The zero-order valence-corrected chi connectivity index (χ0v) is 13.6. The molecule has 0 heterocycles. The predicted octanol–water partition coefficient (Wildman–Crippen LogP) is 4.45. The number of ether oxygens (including phenoxy) is 1. The highest BCUT2D eigenvalue weighted by Crippen LogP contribution is 2.23. The van der Waals surface area contributed by atoms with Gasteiger partial charge in [0.1, 0.15) is 10.6 Å². The molecule has 1 rings (SSSR count). The summed E-state index contributed by atoms with van der Waals surface area (Å²) in [5.41, 5.74) is 0. The van der Waals surface area contributed by atoms with Crippen molar-refractivity contribution in [2.75, 3.05) is 6.61 Å². The molecule has 0 saturated carbocycles. The van der Waals surface area contributed by atoms with Crippen molar-refractivity contribution in [3.05, 3.63) is 24.3 Å². The number of benzene rings is 1. The maximum atomic E-state index is 11.2. The molecule has 21 heavy (non-hydrogen) atoms. The minimum Gasteiger partial charge on any atom is -0.492 e. The van der Waals surface area contributed by atoms with Crippen LogP contribution in [-0.2, 0) is 10.1 Å². The molecule has 0 aliphatic rings. The molecule has 0 atom stereocenters. The molecule has 4 nitrogen and oxygen atoms in total. The fraction of sp³-hybridized carbons (Fsp3) is 0.625. The second kappa shape index (κ2) is 9.79. The molecule has 0 amide bonds. The topological polar surface area (TPSA) is 63.6 Å². The third-order valence-corrected chi connectivity index (χ3v) is 4.28. The first-order chi connectivity index (χ1) is 10.1. The second-order valence-electron chi connectivity index (χ2n) is 5.25. The zero-order chi connectivity index (χ0) is 15.6. The van der Waals surface area contributed by atoms with Gasteiger partial charge in [0.15, 0.2) is 0 Å². The number of para-hydroxylation sites is 1. The van der Waals surface area contributed by atoms with E-state index in [2.05, 4.69) is 6.92 Å². The van der Waals surface area contributed by atoms with Crippen molar-refractivity contribution in [3.8, 4) is 5.75 Å². The molecule has 1 aromatic rings. The predicted molar refractivity (Wildman–Crippen MR) is 84.4 cm³/mol. The molecule has 5 heteroatoms. The summed E-state index contributed by atoms with van der Waals surface area (Å²) in [6.45, 7) is 2.68. The SMILES string of the molecule is CCCCCCCCCCOc1ccccc1S(=O)(=O)O. The minimum absolute atomic E-state index is 0.162. The van der Waals surface area contributed by atoms with Crippen LogP contribution in [0.25, 0.3) is 0 Å². The molecule has 0 spiro atoms. The summed E-state index contributed by atoms with van der Waals surface area (Å²) < 4.78 is 37.0. The van der Waals surface area contributed by atoms with Gasteiger partial charge in [-0.3, -0.25) is 4.55 Å². The fourth-order valence-electron chi connectivity index (χ4n) is 2.20. The van der Waals surface area contributed by atoms with Crippen molar-refractivity contribution in [3.63, 3.8) is 0 Å². The van der Waals surface area contributed by atoms with Crippen LogP contribution in [0.15, 0.2) is 29.2 Å². The van der Waals surface area contributed by atoms with Gasteiger partial charge in [-0.15, -0.1) is 0 Å². The van der Waals surface area contributed by atoms with Crippen molar-refractivity contribution < 1.29 is 17.7 Å². The maximum absolute atomic E-state index is 11.2. The van der Waals surface area contributed by atoms with Crippen molar-refractivity contribution in [1.29, 1.82) is 0 Å². The zero-order valence-electron chi connectivity index (χ0n) is 12.8. The molecule has 0 saturated heterocycles. The van der Waals surface area contributed by atoms with E-state index in [0.29, 0.717) is 6.61 Å². The average Bonchev–Trinajstić information content (AvgIpc) is 2.45. The van der Waals surface area contributed by atoms with Crippen LogP contribution in [0.3, 0.4) is 0 Å². The van der Waals surface area contributed by atoms with Gasteiger partial charge in [0, 0.05) is 0 Å². The highest BCUT2D eigenvalue weighted by atomic mass is 32.2. The molecule has 1 N–H and O–H groups in total. The summed E-state index contributed by atoms with van der Waals surface area (Å²) >= 11 is 0. The van der Waals surface area contributed by atoms with Crippen LogP contribution in [0.2, 0.25) is 0 Å². The lowest BCUT2D eigenvalue weighted by atomic mass is 10.1. The molecule has 0 unspecified atom stereocenters. The smallest absolute Gasteiger partial charge is 0.298 e. The van der Waals surface area contributed by atoms with E-state index in [4.69, 9.17) is 9.29 Å². The van der Waals surface area contributed by atoms with Crippen LogP contribution >= 0.6 is 0 Å². The molecular weight excluding hydrogens is 288 g/mol. The largest absolute Gasteiger partial charge is 0.492 e. The Hall–Kier alpha value is -1.07. The first-order valence-corrected chi connectivity index (χ1v) is 9.19. The molecule has 0 aliphatic carbocycles. The molecule has 0 aliphatic heterocycles. The standard InChI is InChI=1S/C16H26O4S/c1-2-3-4-5-6-7-8-11-14-20-15-12-9-10-13-16(15)21(17,18)19/h9-10,12-13H,2-8,11,14H2,1H3,(H,17,18,19). The maximum Gasteiger partial charge on any atom is 0.298 e. The first kappa shape index (κ1) is 18.0. The molecular formula is C16H26O4S. The van der Waals surface area contributed by atoms with Crippen molar-refractivity contribution in [2.24, 2.45) is 0 Å². The number of hydrogen-bond donors (Lipinski definition) is 1. The van der Waals surface area contributed by atoms with Gasteiger partial charge in [-0.05, 0) is 18.6 Å². The molecule has 0 aromatic heterocycles. The quantitative estimate of drug-likeness (QED) is 0.484. The average molecular weight is 314 g/mol. The van der Waals surface area contributed by atoms with Gasteiger partial charge < -0.3 is 4.74 Å². The molecule has 120 valence electrons. The van der Waals surface area contributed by atoms with E-state index >= 15 is 0 Å². The third kappa shape index (κ3) is 7.48. The van der Waals surface area contributed by atoms with Crippen LogP contribution in [0, 0.1) is 0 Å². The Kier molecular flexibility index (Phi) is 8.38. The van der Waals surface area contributed by atoms with Gasteiger partial charge in [0.2, 0.25) is 0 Å². The molecule has 0 radical (unpaired) electrons. The summed E-state index contributed by atoms with van der Waals surface area (Å²) in [5, 5.41) is 0. The molecule has 0 bridgehead atoms. The van der Waals surface area contributed by atoms with E-state index < -0.39 is 10.1 Å². The fourth-order valence-corrected chi connectivity index (χ4v) is 2.83. The number of hydrogen-bond acceptors (Lipinski definition) is 3. The lowest BCUT2D eigenvalue weighted by Gasteiger charge is -2.09. The first-order valence-electron chi connectivity index (χ1n) is 7.75. The minimum atomic E-state index is -4.22. The van der Waals surface area contributed by atoms with Crippen LogP contribution in [0.1, 0.15) is 58.3 Å².